The number of anilines is 2. The molecule has 0 saturated carbocycles. The maximum Gasteiger partial charge on any atom is 0.251 e. The molecular formula is C29H35N3O3S. The van der Waals surface area contributed by atoms with Crippen molar-refractivity contribution in [3.05, 3.63) is 94.5 Å². The van der Waals surface area contributed by atoms with E-state index in [-0.39, 0.29) is 12.5 Å². The van der Waals surface area contributed by atoms with Gasteiger partial charge in [-0.15, -0.1) is 0 Å². The van der Waals surface area contributed by atoms with E-state index in [0.717, 1.165) is 35.3 Å². The third kappa shape index (κ3) is 6.46. The number of sulfonamides is 1. The fourth-order valence-electron chi connectivity index (χ4n) is 4.47. The molecule has 0 atom stereocenters. The van der Waals surface area contributed by atoms with Gasteiger partial charge in [0.2, 0.25) is 10.0 Å². The van der Waals surface area contributed by atoms with Crippen LogP contribution in [-0.4, -0.2) is 33.7 Å². The van der Waals surface area contributed by atoms with Gasteiger partial charge in [0.05, 0.1) is 18.5 Å². The molecule has 7 heteroatoms. The predicted octanol–water partition coefficient (Wildman–Crippen LogP) is 5.19. The Morgan fingerprint density at radius 1 is 0.861 bits per heavy atom. The van der Waals surface area contributed by atoms with Crippen molar-refractivity contribution in [3.8, 4) is 0 Å². The molecule has 1 heterocycles. The molecule has 1 N–H and O–H groups in total. The van der Waals surface area contributed by atoms with Gasteiger partial charge in [0, 0.05) is 30.9 Å². The standard InChI is InChI=1S/C29H35N3O3S/c1-22-7-14-28(19-23(22)2)32(36(3,34)35)21-25-8-12-26(13-9-25)29(33)30-20-24-10-15-27(16-11-24)31-17-5-4-6-18-31/h7-16,19H,4-6,17-18,20-21H2,1-3H3,(H,30,33). The topological polar surface area (TPSA) is 69.7 Å². The van der Waals surface area contributed by atoms with Crippen LogP contribution in [0, 0.1) is 13.8 Å². The third-order valence-electron chi connectivity index (χ3n) is 6.83. The van der Waals surface area contributed by atoms with Crippen LogP contribution in [0.15, 0.2) is 66.7 Å². The normalized spacial score (nSPS) is 13.9. The van der Waals surface area contributed by atoms with Gasteiger partial charge in [-0.2, -0.15) is 0 Å². The largest absolute Gasteiger partial charge is 0.372 e. The van der Waals surface area contributed by atoms with Crippen LogP contribution in [0.2, 0.25) is 0 Å². The Balaban J connectivity index is 1.37. The van der Waals surface area contributed by atoms with E-state index in [1.807, 2.05) is 44.2 Å². The maximum absolute atomic E-state index is 12.7. The van der Waals surface area contributed by atoms with Crippen molar-refractivity contribution in [2.75, 3.05) is 28.6 Å². The monoisotopic (exact) mass is 505 g/mol. The van der Waals surface area contributed by atoms with Crippen LogP contribution in [0.4, 0.5) is 11.4 Å². The number of nitrogens with zero attached hydrogens (tertiary/aromatic N) is 2. The molecule has 0 bridgehead atoms. The average Bonchev–Trinajstić information content (AvgIpc) is 2.88. The molecule has 0 radical (unpaired) electrons. The second-order valence-electron chi connectivity index (χ2n) is 9.63. The van der Waals surface area contributed by atoms with E-state index in [4.69, 9.17) is 0 Å². The van der Waals surface area contributed by atoms with Gasteiger partial charge in [0.1, 0.15) is 0 Å². The summed E-state index contributed by atoms with van der Waals surface area (Å²) in [6.07, 6.45) is 5.01. The molecule has 6 nitrogen and oxygen atoms in total. The lowest BCUT2D eigenvalue weighted by Crippen LogP contribution is -2.29. The van der Waals surface area contributed by atoms with Gasteiger partial charge in [0.15, 0.2) is 0 Å². The molecule has 0 unspecified atom stereocenters. The van der Waals surface area contributed by atoms with Crippen molar-refractivity contribution in [1.29, 1.82) is 0 Å². The highest BCUT2D eigenvalue weighted by Crippen LogP contribution is 2.24. The van der Waals surface area contributed by atoms with E-state index in [0.29, 0.717) is 17.8 Å². The highest BCUT2D eigenvalue weighted by Gasteiger charge is 2.19. The first-order chi connectivity index (χ1) is 17.2. The van der Waals surface area contributed by atoms with Crippen LogP contribution in [0.25, 0.3) is 0 Å². The first-order valence-electron chi connectivity index (χ1n) is 12.5. The summed E-state index contributed by atoms with van der Waals surface area (Å²) < 4.78 is 26.4. The van der Waals surface area contributed by atoms with Gasteiger partial charge >= 0.3 is 0 Å². The van der Waals surface area contributed by atoms with Gasteiger partial charge in [-0.1, -0.05) is 30.3 Å². The van der Waals surface area contributed by atoms with E-state index >= 15 is 0 Å². The number of hydrogen-bond donors (Lipinski definition) is 1. The molecule has 190 valence electrons. The van der Waals surface area contributed by atoms with Crippen molar-refractivity contribution in [1.82, 2.24) is 5.32 Å². The molecule has 1 fully saturated rings. The summed E-state index contributed by atoms with van der Waals surface area (Å²) in [5.41, 5.74) is 6.43. The number of hydrogen-bond acceptors (Lipinski definition) is 4. The smallest absolute Gasteiger partial charge is 0.251 e. The quantitative estimate of drug-likeness (QED) is 0.457. The number of benzene rings is 3. The average molecular weight is 506 g/mol. The maximum atomic E-state index is 12.7. The van der Waals surface area contributed by atoms with Crippen molar-refractivity contribution < 1.29 is 13.2 Å². The van der Waals surface area contributed by atoms with Crippen LogP contribution in [0.3, 0.4) is 0 Å². The van der Waals surface area contributed by atoms with Gasteiger partial charge in [-0.05, 0) is 91.8 Å². The number of nitrogens with one attached hydrogen (secondary N) is 1. The highest BCUT2D eigenvalue weighted by atomic mass is 32.2. The van der Waals surface area contributed by atoms with Gasteiger partial charge in [-0.25, -0.2) is 8.42 Å². The first kappa shape index (κ1) is 25.8. The minimum absolute atomic E-state index is 0.157. The van der Waals surface area contributed by atoms with Crippen LogP contribution in [0.5, 0.6) is 0 Å². The third-order valence-corrected chi connectivity index (χ3v) is 7.97. The van der Waals surface area contributed by atoms with E-state index in [1.165, 1.54) is 35.5 Å². The Labute approximate surface area is 215 Å². The van der Waals surface area contributed by atoms with Crippen LogP contribution in [-0.2, 0) is 23.1 Å². The Bertz CT molecular complexity index is 1300. The minimum atomic E-state index is -3.47. The lowest BCUT2D eigenvalue weighted by atomic mass is 10.1. The zero-order chi connectivity index (χ0) is 25.7. The number of carbonyl (C=O) groups excluding carboxylic acids is 1. The summed E-state index contributed by atoms with van der Waals surface area (Å²) in [5.74, 6) is -0.157. The van der Waals surface area contributed by atoms with E-state index in [1.54, 1.807) is 12.1 Å². The molecule has 36 heavy (non-hydrogen) atoms. The summed E-state index contributed by atoms with van der Waals surface area (Å²) in [7, 11) is -3.47. The molecule has 0 aromatic heterocycles. The number of amides is 1. The molecule has 0 aliphatic carbocycles. The van der Waals surface area contributed by atoms with Crippen molar-refractivity contribution in [2.45, 2.75) is 46.2 Å². The molecule has 3 aromatic rings. The molecule has 3 aromatic carbocycles. The summed E-state index contributed by atoms with van der Waals surface area (Å²) in [6, 6.07) is 21.1. The van der Waals surface area contributed by atoms with Crippen molar-refractivity contribution in [3.63, 3.8) is 0 Å². The predicted molar refractivity (Wildman–Crippen MR) is 147 cm³/mol. The summed E-state index contributed by atoms with van der Waals surface area (Å²) in [4.78, 5) is 15.1. The van der Waals surface area contributed by atoms with Crippen molar-refractivity contribution in [2.24, 2.45) is 0 Å². The number of aryl methyl sites for hydroxylation is 2. The fraction of sp³-hybridized carbons (Fsp3) is 0.345. The first-order valence-corrected chi connectivity index (χ1v) is 14.3. The number of carbonyl (C=O) groups is 1. The summed E-state index contributed by atoms with van der Waals surface area (Å²) in [5, 5.41) is 2.98. The zero-order valence-electron chi connectivity index (χ0n) is 21.3. The summed E-state index contributed by atoms with van der Waals surface area (Å²) in [6.45, 7) is 6.84. The molecule has 1 saturated heterocycles. The molecule has 0 spiro atoms. The zero-order valence-corrected chi connectivity index (χ0v) is 22.1. The second-order valence-corrected chi connectivity index (χ2v) is 11.5. The molecule has 4 rings (SSSR count). The Kier molecular flexibility index (Phi) is 7.99. The molecule has 1 amide bonds. The van der Waals surface area contributed by atoms with Gasteiger partial charge in [-0.3, -0.25) is 9.10 Å². The van der Waals surface area contributed by atoms with Crippen LogP contribution < -0.4 is 14.5 Å². The Hall–Kier alpha value is -3.32. The minimum Gasteiger partial charge on any atom is -0.372 e. The van der Waals surface area contributed by atoms with E-state index < -0.39 is 10.0 Å². The van der Waals surface area contributed by atoms with E-state index in [9.17, 15) is 13.2 Å². The second kappa shape index (κ2) is 11.2. The molecule has 1 aliphatic rings. The highest BCUT2D eigenvalue weighted by molar-refractivity contribution is 7.92. The number of piperidine rings is 1. The lowest BCUT2D eigenvalue weighted by Gasteiger charge is -2.28. The fourth-order valence-corrected chi connectivity index (χ4v) is 5.35. The van der Waals surface area contributed by atoms with Crippen LogP contribution in [0.1, 0.15) is 51.9 Å². The van der Waals surface area contributed by atoms with E-state index in [2.05, 4.69) is 34.5 Å². The SMILES string of the molecule is Cc1ccc(N(Cc2ccc(C(=O)NCc3ccc(N4CCCCC4)cc3)cc2)S(C)(=O)=O)cc1C. The Morgan fingerprint density at radius 3 is 2.11 bits per heavy atom. The summed E-state index contributed by atoms with van der Waals surface area (Å²) >= 11 is 0. The lowest BCUT2D eigenvalue weighted by molar-refractivity contribution is 0.0951. The van der Waals surface area contributed by atoms with Gasteiger partial charge in [0.25, 0.3) is 5.91 Å². The van der Waals surface area contributed by atoms with Gasteiger partial charge < -0.3 is 10.2 Å². The molecule has 1 aliphatic heterocycles. The molecular weight excluding hydrogens is 470 g/mol. The van der Waals surface area contributed by atoms with Crippen molar-refractivity contribution >= 4 is 27.3 Å². The number of rotatable bonds is 8. The van der Waals surface area contributed by atoms with Crippen LogP contribution >= 0.6 is 0 Å². The Morgan fingerprint density at radius 2 is 1.50 bits per heavy atom.